The van der Waals surface area contributed by atoms with Gasteiger partial charge in [0, 0.05) is 12.3 Å². The fourth-order valence-corrected chi connectivity index (χ4v) is 2.06. The predicted octanol–water partition coefficient (Wildman–Crippen LogP) is 0.855. The number of aliphatic hydroxyl groups is 1. The van der Waals surface area contributed by atoms with Crippen molar-refractivity contribution in [3.63, 3.8) is 0 Å². The minimum atomic E-state index is -3.24. The molecule has 0 radical (unpaired) electrons. The molecule has 0 bridgehead atoms. The molecular formula is C11H18N2O3S. The molecule has 96 valence electrons. The molecule has 0 heterocycles. The molecule has 1 rings (SSSR count). The van der Waals surface area contributed by atoms with Gasteiger partial charge in [-0.1, -0.05) is 6.92 Å². The summed E-state index contributed by atoms with van der Waals surface area (Å²) in [6.45, 7) is 1.94. The van der Waals surface area contributed by atoms with Gasteiger partial charge in [-0.05, 0) is 24.6 Å². The van der Waals surface area contributed by atoms with Gasteiger partial charge in [-0.25, -0.2) is 8.42 Å². The maximum Gasteiger partial charge on any atom is 0.175 e. The van der Waals surface area contributed by atoms with Gasteiger partial charge in [-0.3, -0.25) is 0 Å². The fourth-order valence-electron chi connectivity index (χ4n) is 1.40. The lowest BCUT2D eigenvalue weighted by molar-refractivity contribution is 0.272. The zero-order chi connectivity index (χ0) is 13.1. The van der Waals surface area contributed by atoms with Crippen LogP contribution in [0.2, 0.25) is 0 Å². The minimum absolute atomic E-state index is 0.00374. The number of sulfone groups is 1. The maximum atomic E-state index is 11.3. The lowest BCUT2D eigenvalue weighted by Gasteiger charge is -2.17. The Morgan fingerprint density at radius 3 is 2.53 bits per heavy atom. The highest BCUT2D eigenvalue weighted by atomic mass is 32.2. The van der Waals surface area contributed by atoms with Crippen LogP contribution in [0, 0.1) is 0 Å². The number of anilines is 2. The summed E-state index contributed by atoms with van der Waals surface area (Å²) in [7, 11) is -3.24. The normalized spacial score (nSPS) is 13.4. The van der Waals surface area contributed by atoms with Crippen LogP contribution < -0.4 is 11.1 Å². The van der Waals surface area contributed by atoms with E-state index < -0.39 is 9.84 Å². The van der Waals surface area contributed by atoms with Gasteiger partial charge < -0.3 is 16.2 Å². The zero-order valence-electron chi connectivity index (χ0n) is 9.97. The van der Waals surface area contributed by atoms with E-state index in [9.17, 15) is 8.42 Å². The van der Waals surface area contributed by atoms with Gasteiger partial charge >= 0.3 is 0 Å². The average Bonchev–Trinajstić information content (AvgIpc) is 2.26. The van der Waals surface area contributed by atoms with Gasteiger partial charge in [-0.2, -0.15) is 0 Å². The quantitative estimate of drug-likeness (QED) is 0.681. The molecule has 0 saturated heterocycles. The Bertz CT molecular complexity index is 481. The number of rotatable bonds is 5. The fraction of sp³-hybridized carbons (Fsp3) is 0.455. The molecule has 0 amide bonds. The Morgan fingerprint density at radius 1 is 1.47 bits per heavy atom. The third kappa shape index (κ3) is 3.61. The largest absolute Gasteiger partial charge is 0.397 e. The van der Waals surface area contributed by atoms with E-state index in [-0.39, 0.29) is 17.5 Å². The molecule has 0 spiro atoms. The van der Waals surface area contributed by atoms with Crippen LogP contribution in [-0.2, 0) is 9.84 Å². The van der Waals surface area contributed by atoms with Crippen molar-refractivity contribution in [1.29, 1.82) is 0 Å². The second-order valence-corrected chi connectivity index (χ2v) is 5.97. The van der Waals surface area contributed by atoms with Crippen LogP contribution in [0.5, 0.6) is 0 Å². The first-order chi connectivity index (χ1) is 7.88. The summed E-state index contributed by atoms with van der Waals surface area (Å²) in [5, 5.41) is 12.1. The molecule has 17 heavy (non-hydrogen) atoms. The third-order valence-electron chi connectivity index (χ3n) is 2.52. The van der Waals surface area contributed by atoms with Crippen molar-refractivity contribution in [1.82, 2.24) is 0 Å². The van der Waals surface area contributed by atoms with E-state index in [0.29, 0.717) is 11.4 Å². The highest BCUT2D eigenvalue weighted by Gasteiger charge is 2.11. The molecule has 5 nitrogen and oxygen atoms in total. The van der Waals surface area contributed by atoms with Crippen molar-refractivity contribution in [3.05, 3.63) is 18.2 Å². The van der Waals surface area contributed by atoms with Crippen molar-refractivity contribution >= 4 is 21.2 Å². The topological polar surface area (TPSA) is 92.4 Å². The molecule has 0 aliphatic carbocycles. The molecule has 0 fully saturated rings. The number of nitrogens with one attached hydrogen (secondary N) is 1. The van der Waals surface area contributed by atoms with Crippen LogP contribution in [0.1, 0.15) is 13.3 Å². The number of hydrogen-bond donors (Lipinski definition) is 3. The van der Waals surface area contributed by atoms with Crippen molar-refractivity contribution < 1.29 is 13.5 Å². The number of nitrogens with two attached hydrogens (primary N) is 1. The summed E-state index contributed by atoms with van der Waals surface area (Å²) in [6, 6.07) is 4.45. The summed E-state index contributed by atoms with van der Waals surface area (Å²) >= 11 is 0. The number of benzene rings is 1. The molecule has 1 atom stereocenters. The van der Waals surface area contributed by atoms with Crippen LogP contribution in [-0.4, -0.2) is 32.4 Å². The second kappa shape index (κ2) is 5.37. The van der Waals surface area contributed by atoms with Crippen LogP contribution in [0.4, 0.5) is 11.4 Å². The van der Waals surface area contributed by atoms with E-state index in [0.717, 1.165) is 12.7 Å². The average molecular weight is 258 g/mol. The number of aliphatic hydroxyl groups excluding tert-OH is 1. The predicted molar refractivity (Wildman–Crippen MR) is 68.8 cm³/mol. The first-order valence-corrected chi connectivity index (χ1v) is 7.24. The van der Waals surface area contributed by atoms with Crippen molar-refractivity contribution in [3.8, 4) is 0 Å². The molecule has 1 aromatic carbocycles. The van der Waals surface area contributed by atoms with Crippen molar-refractivity contribution in [2.45, 2.75) is 24.3 Å². The molecule has 0 saturated carbocycles. The van der Waals surface area contributed by atoms with Crippen LogP contribution in [0.15, 0.2) is 23.1 Å². The van der Waals surface area contributed by atoms with E-state index in [1.807, 2.05) is 6.92 Å². The monoisotopic (exact) mass is 258 g/mol. The summed E-state index contributed by atoms with van der Waals surface area (Å²) in [6.07, 6.45) is 1.89. The molecule has 0 aliphatic rings. The van der Waals surface area contributed by atoms with Gasteiger partial charge in [0.25, 0.3) is 0 Å². The highest BCUT2D eigenvalue weighted by Crippen LogP contribution is 2.23. The standard InChI is InChI=1S/C11H18N2O3S/c1-3-8(7-14)13-11-5-4-9(6-10(11)12)17(2,15)16/h4-6,8,13-14H,3,7,12H2,1-2H3. The van der Waals surface area contributed by atoms with E-state index in [1.165, 1.54) is 12.1 Å². The molecule has 1 unspecified atom stereocenters. The van der Waals surface area contributed by atoms with E-state index >= 15 is 0 Å². The SMILES string of the molecule is CCC(CO)Nc1ccc(S(C)(=O)=O)cc1N. The molecule has 6 heteroatoms. The first kappa shape index (κ1) is 13.8. The Morgan fingerprint density at radius 2 is 2.12 bits per heavy atom. The summed E-state index contributed by atoms with van der Waals surface area (Å²) in [5.41, 5.74) is 6.77. The van der Waals surface area contributed by atoms with Gasteiger partial charge in [0.15, 0.2) is 9.84 Å². The zero-order valence-corrected chi connectivity index (χ0v) is 10.8. The third-order valence-corrected chi connectivity index (χ3v) is 3.63. The van der Waals surface area contributed by atoms with Crippen LogP contribution >= 0.6 is 0 Å². The maximum absolute atomic E-state index is 11.3. The van der Waals surface area contributed by atoms with Crippen molar-refractivity contribution in [2.24, 2.45) is 0 Å². The van der Waals surface area contributed by atoms with E-state index in [2.05, 4.69) is 5.32 Å². The lowest BCUT2D eigenvalue weighted by atomic mass is 10.2. The van der Waals surface area contributed by atoms with E-state index in [1.54, 1.807) is 6.07 Å². The van der Waals surface area contributed by atoms with Gasteiger partial charge in [0.2, 0.25) is 0 Å². The molecule has 0 aliphatic heterocycles. The van der Waals surface area contributed by atoms with Gasteiger partial charge in [0.05, 0.1) is 22.9 Å². The smallest absolute Gasteiger partial charge is 0.175 e. The molecule has 0 aromatic heterocycles. The number of hydrogen-bond acceptors (Lipinski definition) is 5. The number of nitrogen functional groups attached to an aromatic ring is 1. The van der Waals surface area contributed by atoms with Crippen LogP contribution in [0.25, 0.3) is 0 Å². The Balaban J connectivity index is 2.98. The van der Waals surface area contributed by atoms with E-state index in [4.69, 9.17) is 10.8 Å². The Hall–Kier alpha value is -1.27. The minimum Gasteiger partial charge on any atom is -0.397 e. The summed E-state index contributed by atoms with van der Waals surface area (Å²) in [4.78, 5) is 0.192. The van der Waals surface area contributed by atoms with Gasteiger partial charge in [-0.15, -0.1) is 0 Å². The lowest BCUT2D eigenvalue weighted by Crippen LogP contribution is -2.23. The van der Waals surface area contributed by atoms with Crippen LogP contribution in [0.3, 0.4) is 0 Å². The first-order valence-electron chi connectivity index (χ1n) is 5.35. The van der Waals surface area contributed by atoms with Crippen molar-refractivity contribution in [2.75, 3.05) is 23.9 Å². The molecule has 1 aromatic rings. The molecular weight excluding hydrogens is 240 g/mol. The summed E-state index contributed by atoms with van der Waals surface area (Å²) < 4.78 is 22.6. The van der Waals surface area contributed by atoms with Gasteiger partial charge in [0.1, 0.15) is 0 Å². The second-order valence-electron chi connectivity index (χ2n) is 3.95. The molecule has 4 N–H and O–H groups in total. The summed E-state index contributed by atoms with van der Waals surface area (Å²) in [5.74, 6) is 0. The highest BCUT2D eigenvalue weighted by molar-refractivity contribution is 7.90. The Labute approximate surface area is 102 Å². The Kier molecular flexibility index (Phi) is 4.36.